The number of aliphatic hydroxyl groups is 1. The summed E-state index contributed by atoms with van der Waals surface area (Å²) in [4.78, 5) is 35.4. The van der Waals surface area contributed by atoms with Gasteiger partial charge in [-0.25, -0.2) is 4.79 Å². The largest absolute Gasteiger partial charge is 0.490 e. The molecule has 0 unspecified atom stereocenters. The second-order valence-corrected chi connectivity index (χ2v) is 12.7. The fraction of sp³-hybridized carbons (Fsp3) is 0.472. The van der Waals surface area contributed by atoms with Crippen molar-refractivity contribution in [3.63, 3.8) is 0 Å². The van der Waals surface area contributed by atoms with Gasteiger partial charge in [-0.2, -0.15) is 0 Å². The molecule has 3 heterocycles. The number of hydrogen-bond acceptors (Lipinski definition) is 9. The number of ether oxygens (including phenoxy) is 4. The molecule has 0 spiro atoms. The van der Waals surface area contributed by atoms with Crippen LogP contribution in [0.5, 0.6) is 17.2 Å². The second kappa shape index (κ2) is 16.6. The molecule has 2 aliphatic heterocycles. The van der Waals surface area contributed by atoms with E-state index < -0.39 is 12.1 Å². The van der Waals surface area contributed by atoms with Crippen molar-refractivity contribution >= 4 is 23.3 Å². The number of aliphatic hydroxyl groups excluding tert-OH is 1. The average molecular weight is 662 g/mol. The topological polar surface area (TPSA) is 135 Å². The van der Waals surface area contributed by atoms with Gasteiger partial charge in [-0.05, 0) is 88.2 Å². The van der Waals surface area contributed by atoms with Gasteiger partial charge in [0.1, 0.15) is 5.75 Å². The Balaban J connectivity index is 1.36. The first-order valence-corrected chi connectivity index (χ1v) is 16.6. The predicted octanol–water partition coefficient (Wildman–Crippen LogP) is 5.38. The fourth-order valence-corrected chi connectivity index (χ4v) is 5.90. The Bertz CT molecular complexity index is 1520. The number of pyridine rings is 1. The smallest absolute Gasteiger partial charge is 0.323 e. The monoisotopic (exact) mass is 661 g/mol. The Labute approximate surface area is 282 Å². The van der Waals surface area contributed by atoms with Crippen LogP contribution < -0.4 is 24.8 Å². The first kappa shape index (κ1) is 34.9. The highest BCUT2D eigenvalue weighted by atomic mass is 16.7. The molecular weight excluding hydrogens is 614 g/mol. The highest BCUT2D eigenvalue weighted by molar-refractivity contribution is 6.02. The molecule has 0 saturated carbocycles. The molecule has 2 aliphatic rings. The van der Waals surface area contributed by atoms with E-state index in [9.17, 15) is 14.7 Å². The molecule has 3 N–H and O–H groups in total. The third-order valence-corrected chi connectivity index (χ3v) is 8.63. The van der Waals surface area contributed by atoms with Crippen LogP contribution in [0.15, 0.2) is 60.9 Å². The van der Waals surface area contributed by atoms with Crippen molar-refractivity contribution in [2.45, 2.75) is 64.8 Å². The van der Waals surface area contributed by atoms with Gasteiger partial charge in [0, 0.05) is 62.0 Å². The lowest BCUT2D eigenvalue weighted by Gasteiger charge is -2.36. The van der Waals surface area contributed by atoms with Crippen molar-refractivity contribution in [3.05, 3.63) is 72.1 Å². The Morgan fingerprint density at radius 1 is 1.02 bits per heavy atom. The molecule has 1 aromatic heterocycles. The van der Waals surface area contributed by atoms with Gasteiger partial charge in [0.2, 0.25) is 6.79 Å². The molecule has 0 aliphatic carbocycles. The maximum absolute atomic E-state index is 14.4. The number of likely N-dealkylation sites (N-methyl/N-ethyl adjacent to an activating group) is 1. The molecule has 0 radical (unpaired) electrons. The maximum Gasteiger partial charge on any atom is 0.323 e. The van der Waals surface area contributed by atoms with Gasteiger partial charge in [0.15, 0.2) is 11.5 Å². The molecule has 258 valence electrons. The van der Waals surface area contributed by atoms with E-state index in [2.05, 4.69) is 34.5 Å². The molecule has 0 saturated heterocycles. The van der Waals surface area contributed by atoms with E-state index in [1.165, 1.54) is 0 Å². The number of hydrogen-bond donors (Lipinski definition) is 3. The van der Waals surface area contributed by atoms with Crippen molar-refractivity contribution < 1.29 is 33.6 Å². The third-order valence-electron chi connectivity index (χ3n) is 8.63. The Kier molecular flexibility index (Phi) is 12.1. The predicted molar refractivity (Wildman–Crippen MR) is 183 cm³/mol. The van der Waals surface area contributed by atoms with E-state index in [0.29, 0.717) is 53.9 Å². The highest BCUT2D eigenvalue weighted by Gasteiger charge is 2.30. The lowest BCUT2D eigenvalue weighted by Crippen LogP contribution is -2.47. The molecule has 5 rings (SSSR count). The molecule has 12 heteroatoms. The molecule has 2 aromatic carbocycles. The molecular formula is C36H47N5O7. The molecule has 12 nitrogen and oxygen atoms in total. The SMILES string of the molecule is C[C@@H]1CCCCO[C@@H](CN(C)Cc2ccncc2)[C@@H](C)CN([C@@H](C)CO)C(=O)c2cc(NC(=O)Nc3ccc4c(c3)OCO4)ccc2O1. The fourth-order valence-electron chi connectivity index (χ4n) is 5.90. The number of rotatable bonds is 8. The van der Waals surface area contributed by atoms with Crippen LogP contribution in [0.1, 0.15) is 56.0 Å². The molecule has 3 aromatic rings. The number of carbonyl (C=O) groups is 2. The Morgan fingerprint density at radius 3 is 2.48 bits per heavy atom. The summed E-state index contributed by atoms with van der Waals surface area (Å²) >= 11 is 0. The van der Waals surface area contributed by atoms with Crippen molar-refractivity contribution in [1.29, 1.82) is 0 Å². The number of fused-ring (bicyclic) bond motifs is 2. The minimum atomic E-state index is -0.485. The lowest BCUT2D eigenvalue weighted by molar-refractivity contribution is -0.0177. The number of nitrogens with one attached hydrogen (secondary N) is 2. The van der Waals surface area contributed by atoms with Crippen LogP contribution >= 0.6 is 0 Å². The van der Waals surface area contributed by atoms with Crippen LogP contribution in [-0.4, -0.2) is 90.2 Å². The van der Waals surface area contributed by atoms with Gasteiger partial charge in [-0.3, -0.25) is 14.7 Å². The van der Waals surface area contributed by atoms with Crippen LogP contribution in [0.25, 0.3) is 0 Å². The van der Waals surface area contributed by atoms with E-state index in [-0.39, 0.29) is 37.4 Å². The van der Waals surface area contributed by atoms with Crippen molar-refractivity contribution in [2.24, 2.45) is 5.92 Å². The zero-order valence-corrected chi connectivity index (χ0v) is 28.2. The molecule has 3 amide bonds. The molecule has 4 atom stereocenters. The van der Waals surface area contributed by atoms with E-state index in [1.807, 2.05) is 26.0 Å². The van der Waals surface area contributed by atoms with Crippen LogP contribution in [-0.2, 0) is 11.3 Å². The number of benzene rings is 2. The molecule has 48 heavy (non-hydrogen) atoms. The van der Waals surface area contributed by atoms with E-state index >= 15 is 0 Å². The minimum absolute atomic E-state index is 0.0529. The number of aromatic nitrogens is 1. The molecule has 0 bridgehead atoms. The van der Waals surface area contributed by atoms with Gasteiger partial charge < -0.3 is 39.6 Å². The summed E-state index contributed by atoms with van der Waals surface area (Å²) in [5.41, 5.74) is 2.41. The number of carbonyl (C=O) groups excluding carboxylic acids is 2. The van der Waals surface area contributed by atoms with E-state index in [0.717, 1.165) is 31.4 Å². The van der Waals surface area contributed by atoms with Gasteiger partial charge in [-0.15, -0.1) is 0 Å². The third kappa shape index (κ3) is 9.36. The van der Waals surface area contributed by atoms with E-state index in [1.54, 1.807) is 53.7 Å². The summed E-state index contributed by atoms with van der Waals surface area (Å²) in [5.74, 6) is 1.25. The van der Waals surface area contributed by atoms with Gasteiger partial charge in [0.05, 0.1) is 30.4 Å². The quantitative estimate of drug-likeness (QED) is 0.291. The number of amides is 3. The van der Waals surface area contributed by atoms with Crippen LogP contribution in [0.2, 0.25) is 0 Å². The summed E-state index contributed by atoms with van der Waals surface area (Å²) in [5, 5.41) is 15.9. The lowest BCUT2D eigenvalue weighted by atomic mass is 10.0. The first-order valence-electron chi connectivity index (χ1n) is 16.6. The van der Waals surface area contributed by atoms with Crippen molar-refractivity contribution in [2.75, 3.05) is 50.8 Å². The average Bonchev–Trinajstić information content (AvgIpc) is 3.54. The maximum atomic E-state index is 14.4. The van der Waals surface area contributed by atoms with Crippen LogP contribution in [0, 0.1) is 5.92 Å². The summed E-state index contributed by atoms with van der Waals surface area (Å²) in [6.45, 7) is 8.18. The van der Waals surface area contributed by atoms with Gasteiger partial charge in [-0.1, -0.05) is 6.92 Å². The number of nitrogens with zero attached hydrogens (tertiary/aromatic N) is 3. The van der Waals surface area contributed by atoms with Crippen molar-refractivity contribution in [3.8, 4) is 17.2 Å². The standard InChI is InChI=1S/C36H47N5O7/c1-24-19-41(25(2)22-42)35(43)30-17-28(38-36(44)39-29-9-11-32-33(18-29)47-23-46-32)8-10-31(30)48-26(3)7-5-6-16-45-34(24)21-40(4)20-27-12-14-37-15-13-27/h8-15,17-18,24-26,34,42H,5-7,16,19-23H2,1-4H3,(H2,38,39,44)/t24-,25-,26+,34-/m0/s1. The van der Waals surface area contributed by atoms with Crippen LogP contribution in [0.3, 0.4) is 0 Å². The first-order chi connectivity index (χ1) is 23.2. The van der Waals surface area contributed by atoms with Crippen molar-refractivity contribution in [1.82, 2.24) is 14.8 Å². The highest BCUT2D eigenvalue weighted by Crippen LogP contribution is 2.34. The minimum Gasteiger partial charge on any atom is -0.490 e. The Hall–Kier alpha value is -4.39. The Morgan fingerprint density at radius 2 is 1.73 bits per heavy atom. The molecule has 0 fully saturated rings. The zero-order chi connectivity index (χ0) is 34.0. The van der Waals surface area contributed by atoms with Gasteiger partial charge in [0.25, 0.3) is 5.91 Å². The summed E-state index contributed by atoms with van der Waals surface area (Å²) in [7, 11) is 2.06. The number of anilines is 2. The normalized spacial score (nSPS) is 20.8. The second-order valence-electron chi connectivity index (χ2n) is 12.7. The van der Waals surface area contributed by atoms with Crippen LogP contribution in [0.4, 0.5) is 16.2 Å². The van der Waals surface area contributed by atoms with E-state index in [4.69, 9.17) is 18.9 Å². The number of urea groups is 1. The summed E-state index contributed by atoms with van der Waals surface area (Å²) in [6.07, 6.45) is 5.85. The summed E-state index contributed by atoms with van der Waals surface area (Å²) < 4.78 is 23.6. The van der Waals surface area contributed by atoms with Gasteiger partial charge >= 0.3 is 6.03 Å². The summed E-state index contributed by atoms with van der Waals surface area (Å²) in [6, 6.07) is 13.3. The zero-order valence-electron chi connectivity index (χ0n) is 28.2.